The van der Waals surface area contributed by atoms with Gasteiger partial charge >= 0.3 is 0 Å². The second-order valence-electron chi connectivity index (χ2n) is 4.64. The molecule has 114 valence electrons. The van der Waals surface area contributed by atoms with E-state index in [1.165, 1.54) is 0 Å². The van der Waals surface area contributed by atoms with E-state index in [-0.39, 0.29) is 6.04 Å². The van der Waals surface area contributed by atoms with E-state index in [0.717, 1.165) is 31.1 Å². The molecule has 0 bridgehead atoms. The molecule has 0 saturated heterocycles. The molecule has 0 spiro atoms. The predicted octanol–water partition coefficient (Wildman–Crippen LogP) is 1.07. The molecule has 1 N–H and O–H groups in total. The molecule has 0 aliphatic heterocycles. The van der Waals surface area contributed by atoms with Gasteiger partial charge in [-0.1, -0.05) is 6.92 Å². The van der Waals surface area contributed by atoms with Crippen LogP contribution in [-0.4, -0.2) is 56.5 Å². The third-order valence-electron chi connectivity index (χ3n) is 3.02. The zero-order valence-electron chi connectivity index (χ0n) is 12.9. The Balaban J connectivity index is 2.73. The summed E-state index contributed by atoms with van der Waals surface area (Å²) in [5, 5.41) is 3.23. The molecule has 1 aromatic rings. The Morgan fingerprint density at radius 3 is 2.60 bits per heavy atom. The highest BCUT2D eigenvalue weighted by Crippen LogP contribution is 2.13. The second kappa shape index (κ2) is 9.63. The van der Waals surface area contributed by atoms with Crippen molar-refractivity contribution in [2.24, 2.45) is 0 Å². The summed E-state index contributed by atoms with van der Waals surface area (Å²) in [6.07, 6.45) is 3.63. The van der Waals surface area contributed by atoms with E-state index in [4.69, 9.17) is 9.47 Å². The number of rotatable bonds is 10. The van der Waals surface area contributed by atoms with Gasteiger partial charge in [0.2, 0.25) is 0 Å². The molecule has 6 nitrogen and oxygen atoms in total. The van der Waals surface area contributed by atoms with Crippen LogP contribution in [0.1, 0.15) is 19.5 Å². The lowest BCUT2D eigenvalue weighted by atomic mass is 10.3. The van der Waals surface area contributed by atoms with Crippen LogP contribution in [0.25, 0.3) is 0 Å². The molecule has 0 saturated carbocycles. The molecule has 1 aromatic heterocycles. The first-order chi connectivity index (χ1) is 9.72. The van der Waals surface area contributed by atoms with Crippen molar-refractivity contribution in [3.63, 3.8) is 0 Å². The molecule has 0 amide bonds. The lowest BCUT2D eigenvalue weighted by Gasteiger charge is -2.29. The van der Waals surface area contributed by atoms with Gasteiger partial charge in [0.15, 0.2) is 0 Å². The van der Waals surface area contributed by atoms with Crippen LogP contribution in [0.15, 0.2) is 12.4 Å². The summed E-state index contributed by atoms with van der Waals surface area (Å²) in [4.78, 5) is 11.1. The molecule has 0 fully saturated rings. The highest BCUT2D eigenvalue weighted by Gasteiger charge is 2.15. The number of methoxy groups -OCH3 is 2. The highest BCUT2D eigenvalue weighted by molar-refractivity contribution is 5.37. The van der Waals surface area contributed by atoms with Gasteiger partial charge in [0.1, 0.15) is 5.82 Å². The van der Waals surface area contributed by atoms with E-state index >= 15 is 0 Å². The number of hydrogen-bond acceptors (Lipinski definition) is 6. The quantitative estimate of drug-likeness (QED) is 0.693. The van der Waals surface area contributed by atoms with E-state index in [0.29, 0.717) is 13.2 Å². The van der Waals surface area contributed by atoms with Gasteiger partial charge in [0.25, 0.3) is 0 Å². The lowest BCUT2D eigenvalue weighted by molar-refractivity contribution is 0.170. The van der Waals surface area contributed by atoms with Gasteiger partial charge < -0.3 is 19.7 Å². The van der Waals surface area contributed by atoms with Crippen LogP contribution in [0.3, 0.4) is 0 Å². The number of nitrogens with one attached hydrogen (secondary N) is 1. The van der Waals surface area contributed by atoms with E-state index < -0.39 is 0 Å². The van der Waals surface area contributed by atoms with Crippen molar-refractivity contribution in [3.05, 3.63) is 18.1 Å². The van der Waals surface area contributed by atoms with Crippen LogP contribution in [0, 0.1) is 0 Å². The van der Waals surface area contributed by atoms with E-state index in [1.807, 2.05) is 12.4 Å². The van der Waals surface area contributed by atoms with Crippen LogP contribution in [0.4, 0.5) is 5.82 Å². The van der Waals surface area contributed by atoms with Crippen LogP contribution < -0.4 is 10.2 Å². The number of hydrogen-bond donors (Lipinski definition) is 1. The molecule has 0 aliphatic rings. The zero-order chi connectivity index (χ0) is 14.8. The zero-order valence-corrected chi connectivity index (χ0v) is 12.9. The first kappa shape index (κ1) is 16.8. The largest absolute Gasteiger partial charge is 0.383 e. The van der Waals surface area contributed by atoms with Gasteiger partial charge in [0, 0.05) is 27.3 Å². The van der Waals surface area contributed by atoms with Crippen molar-refractivity contribution in [1.82, 2.24) is 15.3 Å². The molecule has 1 unspecified atom stereocenters. The predicted molar refractivity (Wildman–Crippen MR) is 80.0 cm³/mol. The van der Waals surface area contributed by atoms with Crippen LogP contribution >= 0.6 is 0 Å². The maximum absolute atomic E-state index is 5.22. The van der Waals surface area contributed by atoms with Crippen molar-refractivity contribution in [2.75, 3.05) is 45.4 Å². The van der Waals surface area contributed by atoms with Crippen molar-refractivity contribution in [2.45, 2.75) is 26.4 Å². The Kier molecular flexibility index (Phi) is 8.10. The number of aromatic nitrogens is 2. The van der Waals surface area contributed by atoms with E-state index in [1.54, 1.807) is 14.2 Å². The summed E-state index contributed by atoms with van der Waals surface area (Å²) in [6, 6.07) is 0.226. The van der Waals surface area contributed by atoms with Crippen molar-refractivity contribution < 1.29 is 9.47 Å². The molecule has 20 heavy (non-hydrogen) atoms. The Morgan fingerprint density at radius 1 is 1.25 bits per heavy atom. The topological polar surface area (TPSA) is 59.5 Å². The van der Waals surface area contributed by atoms with E-state index in [9.17, 15) is 0 Å². The minimum Gasteiger partial charge on any atom is -0.383 e. The van der Waals surface area contributed by atoms with Gasteiger partial charge in [-0.3, -0.25) is 4.98 Å². The summed E-state index contributed by atoms with van der Waals surface area (Å²) in [6.45, 7) is 7.90. The molecule has 0 aliphatic carbocycles. The smallest absolute Gasteiger partial charge is 0.147 e. The SMILES string of the molecule is CCNCc1cnc(N(CCOC)C(C)COC)cn1. The average Bonchev–Trinajstić information content (AvgIpc) is 2.47. The Hall–Kier alpha value is -1.24. The maximum Gasteiger partial charge on any atom is 0.147 e. The summed E-state index contributed by atoms with van der Waals surface area (Å²) in [5.41, 5.74) is 0.946. The first-order valence-electron chi connectivity index (χ1n) is 6.99. The van der Waals surface area contributed by atoms with Crippen LogP contribution in [-0.2, 0) is 16.0 Å². The molecule has 1 heterocycles. The molecular formula is C14H26N4O2. The number of nitrogens with zero attached hydrogens (tertiary/aromatic N) is 3. The monoisotopic (exact) mass is 282 g/mol. The Morgan fingerprint density at radius 2 is 2.05 bits per heavy atom. The third-order valence-corrected chi connectivity index (χ3v) is 3.02. The van der Waals surface area contributed by atoms with Crippen molar-refractivity contribution in [1.29, 1.82) is 0 Å². The van der Waals surface area contributed by atoms with Gasteiger partial charge in [0.05, 0.1) is 37.3 Å². The van der Waals surface area contributed by atoms with Crippen LogP contribution in [0.2, 0.25) is 0 Å². The van der Waals surface area contributed by atoms with Crippen molar-refractivity contribution in [3.8, 4) is 0 Å². The Bertz CT molecular complexity index is 359. The Labute approximate surface area is 121 Å². The second-order valence-corrected chi connectivity index (χ2v) is 4.64. The fourth-order valence-electron chi connectivity index (χ4n) is 1.92. The van der Waals surface area contributed by atoms with Gasteiger partial charge in [-0.2, -0.15) is 0 Å². The molecule has 6 heteroatoms. The minimum atomic E-state index is 0.226. The van der Waals surface area contributed by atoms with E-state index in [2.05, 4.69) is 34.0 Å². The highest BCUT2D eigenvalue weighted by atomic mass is 16.5. The summed E-state index contributed by atoms with van der Waals surface area (Å²) in [5.74, 6) is 0.854. The number of ether oxygens (including phenoxy) is 2. The average molecular weight is 282 g/mol. The summed E-state index contributed by atoms with van der Waals surface area (Å²) >= 11 is 0. The molecule has 1 rings (SSSR count). The molecule has 1 atom stereocenters. The normalized spacial score (nSPS) is 12.4. The summed E-state index contributed by atoms with van der Waals surface area (Å²) < 4.78 is 10.4. The van der Waals surface area contributed by atoms with Gasteiger partial charge in [-0.15, -0.1) is 0 Å². The molecular weight excluding hydrogens is 256 g/mol. The first-order valence-corrected chi connectivity index (χ1v) is 6.99. The molecule has 0 aromatic carbocycles. The summed E-state index contributed by atoms with van der Waals surface area (Å²) in [7, 11) is 3.40. The standard InChI is InChI=1S/C14H26N4O2/c1-5-15-8-13-9-17-14(10-16-13)18(6-7-19-3)12(2)11-20-4/h9-10,12,15H,5-8,11H2,1-4H3. The maximum atomic E-state index is 5.22. The fraction of sp³-hybridized carbons (Fsp3) is 0.714. The lowest BCUT2D eigenvalue weighted by Crippen LogP contribution is -2.39. The minimum absolute atomic E-state index is 0.226. The fourth-order valence-corrected chi connectivity index (χ4v) is 1.92. The van der Waals surface area contributed by atoms with Gasteiger partial charge in [-0.25, -0.2) is 4.98 Å². The van der Waals surface area contributed by atoms with Gasteiger partial charge in [-0.05, 0) is 13.5 Å². The number of anilines is 1. The molecule has 0 radical (unpaired) electrons. The van der Waals surface area contributed by atoms with Crippen LogP contribution in [0.5, 0.6) is 0 Å². The third kappa shape index (κ3) is 5.40. The van der Waals surface area contributed by atoms with Crippen molar-refractivity contribution >= 4 is 5.82 Å².